The number of nitrogens with zero attached hydrogens (tertiary/aromatic N) is 6. The maximum Gasteiger partial charge on any atom is 0.341 e. The van der Waals surface area contributed by atoms with Gasteiger partial charge < -0.3 is 113 Å². The summed E-state index contributed by atoms with van der Waals surface area (Å²) >= 11 is 0. The number of hydrogen-bond donors (Lipinski definition) is 14. The van der Waals surface area contributed by atoms with Crippen molar-refractivity contribution in [2.45, 2.75) is 161 Å². The van der Waals surface area contributed by atoms with E-state index in [1.54, 1.807) is 21.5 Å². The fourth-order valence-corrected chi connectivity index (χ4v) is 10.6. The Morgan fingerprint density at radius 3 is 1.97 bits per heavy atom. The van der Waals surface area contributed by atoms with Crippen LogP contribution in [0.3, 0.4) is 0 Å². The Morgan fingerprint density at radius 2 is 1.37 bits per heavy atom. The number of aromatic nitrogens is 4. The number of rotatable bonds is 18. The first-order valence-corrected chi connectivity index (χ1v) is 25.5. The zero-order valence-corrected chi connectivity index (χ0v) is 41.4. The van der Waals surface area contributed by atoms with Gasteiger partial charge in [-0.25, -0.2) is 9.18 Å². The molecule has 422 valence electrons. The number of ether oxygens (including phenoxy) is 6. The van der Waals surface area contributed by atoms with E-state index in [4.69, 9.17) is 62.8 Å². The molecule has 4 aliphatic heterocycles. The van der Waals surface area contributed by atoms with Gasteiger partial charge in [0.25, 0.3) is 5.91 Å². The van der Waals surface area contributed by atoms with Crippen LogP contribution in [-0.4, -0.2) is 234 Å². The summed E-state index contributed by atoms with van der Waals surface area (Å²) in [5, 5.41) is 86.2. The van der Waals surface area contributed by atoms with E-state index in [0.29, 0.717) is 62.6 Å². The van der Waals surface area contributed by atoms with Gasteiger partial charge in [-0.05, 0) is 37.8 Å². The molecule has 1 amide bonds. The first-order valence-electron chi connectivity index (χ1n) is 25.5. The molecule has 19 atom stereocenters. The van der Waals surface area contributed by atoms with E-state index >= 15 is 4.39 Å². The first kappa shape index (κ1) is 56.2. The molecule has 0 bridgehead atoms. The number of fused-ring (bicyclic) bond motifs is 1. The lowest BCUT2D eigenvalue weighted by molar-refractivity contribution is -0.306. The third-order valence-electron chi connectivity index (χ3n) is 15.2. The molecule has 2 aliphatic carbocycles. The SMILES string of the molecule is NC[C@@H]1O[C@H](O[C@H]2[C@@H](O)[C@H](O[C@@H]3[C@@H](O)[C@H](N)C[C@H](N)[C@H]3O[C@H]3O[C@H](CN)[C@@H](O)[C@H](O)[C@H]3N)O[C@@H]2C(=O)NCc2cn(CCCN3CCN(c4cc5c(cc4F)c(=O)c(C(=O)O)cn5C4CC4)CC3)nn2)[C@H](N)[C@@H](O)[C@@H]1O. The first-order chi connectivity index (χ1) is 36.3. The van der Waals surface area contributed by atoms with Gasteiger partial charge in [0, 0.05) is 82.1 Å². The Labute approximate surface area is 433 Å². The average molecular weight is 1080 g/mol. The molecule has 6 heterocycles. The number of aliphatic hydroxyl groups is 6. The predicted molar refractivity (Wildman–Crippen MR) is 260 cm³/mol. The van der Waals surface area contributed by atoms with Crippen molar-refractivity contribution in [1.82, 2.24) is 29.8 Å². The van der Waals surface area contributed by atoms with Crippen LogP contribution in [0.2, 0.25) is 0 Å². The van der Waals surface area contributed by atoms with Crippen molar-refractivity contribution in [2.75, 3.05) is 50.7 Å². The van der Waals surface area contributed by atoms with E-state index in [1.165, 1.54) is 6.20 Å². The molecule has 6 fully saturated rings. The number of carboxylic acid groups (broad SMARTS) is 1. The van der Waals surface area contributed by atoms with Crippen LogP contribution >= 0.6 is 0 Å². The number of benzene rings is 1. The molecular weight excluding hydrogens is 1010 g/mol. The average Bonchev–Trinajstić information content (AvgIpc) is 4.09. The van der Waals surface area contributed by atoms with E-state index < -0.39 is 139 Å². The summed E-state index contributed by atoms with van der Waals surface area (Å²) in [7, 11) is 0. The second-order valence-electron chi connectivity index (χ2n) is 20.5. The lowest BCUT2D eigenvalue weighted by Gasteiger charge is -2.47. The summed E-state index contributed by atoms with van der Waals surface area (Å²) < 4.78 is 54.9. The van der Waals surface area contributed by atoms with Crippen LogP contribution in [0.1, 0.15) is 47.8 Å². The number of aryl methyl sites for hydroxylation is 1. The van der Waals surface area contributed by atoms with Gasteiger partial charge in [0.05, 0.1) is 42.1 Å². The molecule has 20 N–H and O–H groups in total. The van der Waals surface area contributed by atoms with Crippen LogP contribution < -0.4 is 50.0 Å². The molecule has 4 saturated heterocycles. The summed E-state index contributed by atoms with van der Waals surface area (Å²) in [4.78, 5) is 43.0. The van der Waals surface area contributed by atoms with E-state index in [2.05, 4.69) is 20.5 Å². The number of nitrogens with one attached hydrogen (secondary N) is 1. The van der Waals surface area contributed by atoms with Crippen LogP contribution in [0.15, 0.2) is 29.3 Å². The summed E-state index contributed by atoms with van der Waals surface area (Å²) in [5.41, 5.74) is 36.7. The Kier molecular flexibility index (Phi) is 17.3. The van der Waals surface area contributed by atoms with Crippen molar-refractivity contribution in [2.24, 2.45) is 34.4 Å². The van der Waals surface area contributed by atoms with Crippen molar-refractivity contribution in [3.05, 3.63) is 51.8 Å². The number of anilines is 1. The van der Waals surface area contributed by atoms with Crippen LogP contribution in [0.25, 0.3) is 10.9 Å². The van der Waals surface area contributed by atoms with E-state index in [-0.39, 0.29) is 43.0 Å². The molecule has 6 aliphatic rings. The minimum atomic E-state index is -1.85. The standard InChI is InChI=1S/C46H70FN13O16/c47-22-10-20-25(60(19-2-3-19)17-21(31(20)61)43(69)70)12-26(22)58-8-6-57(7-9-58)4-1-5-59-16-18(55-56-59)15-54-42(68)41-40(74-45-30(53)36(66)34(64)28(14-49)72-45)37(67)46(76-41)75-39-32(62)23(50)11-24(51)38(39)73-44-29(52)35(65)33(63)27(13-48)71-44/h10,12,16-17,19,23-24,27-30,32-41,44-46,62-67H,1-9,11,13-15,48-53H2,(H,54,68)(H,69,70)/t23-,24+,27-,28+,29-,30-,32+,33-,34-,35-,36-,37-,38-,39-,40+,41+,44-,45-,46-/m1/s1. The van der Waals surface area contributed by atoms with Gasteiger partial charge in [-0.1, -0.05) is 5.21 Å². The number of aliphatic hydroxyl groups excluding tert-OH is 6. The molecule has 76 heavy (non-hydrogen) atoms. The second kappa shape index (κ2) is 23.4. The zero-order chi connectivity index (χ0) is 54.4. The number of carbonyl (C=O) groups excluding carboxylic acids is 1. The molecule has 2 saturated carbocycles. The molecule has 2 aromatic heterocycles. The molecule has 9 rings (SSSR count). The zero-order valence-electron chi connectivity index (χ0n) is 41.4. The number of amides is 1. The van der Waals surface area contributed by atoms with Crippen LogP contribution in [0, 0.1) is 5.82 Å². The lowest BCUT2D eigenvalue weighted by Crippen LogP contribution is -2.68. The minimum Gasteiger partial charge on any atom is -0.477 e. The van der Waals surface area contributed by atoms with Gasteiger partial charge in [-0.2, -0.15) is 0 Å². The molecule has 0 spiro atoms. The fraction of sp³-hybridized carbons (Fsp3) is 0.717. The highest BCUT2D eigenvalue weighted by molar-refractivity contribution is 5.93. The van der Waals surface area contributed by atoms with E-state index in [1.807, 2.05) is 4.90 Å². The number of carbonyl (C=O) groups is 2. The number of carboxylic acids is 1. The number of hydrogen-bond acceptors (Lipinski definition) is 25. The predicted octanol–water partition coefficient (Wildman–Crippen LogP) is -7.28. The Bertz CT molecular complexity index is 2570. The third kappa shape index (κ3) is 11.5. The highest BCUT2D eigenvalue weighted by Gasteiger charge is 2.56. The van der Waals surface area contributed by atoms with Gasteiger partial charge >= 0.3 is 5.97 Å². The van der Waals surface area contributed by atoms with E-state index in [9.17, 15) is 50.1 Å². The maximum absolute atomic E-state index is 15.6. The molecule has 30 heteroatoms. The van der Waals surface area contributed by atoms with Crippen molar-refractivity contribution < 1.29 is 78.1 Å². The van der Waals surface area contributed by atoms with E-state index in [0.717, 1.165) is 18.9 Å². The second-order valence-corrected chi connectivity index (χ2v) is 20.5. The molecule has 29 nitrogen and oxygen atoms in total. The number of halogens is 1. The number of piperazine rings is 1. The molecule has 3 aromatic rings. The number of aromatic carboxylic acids is 1. The number of pyridine rings is 1. The smallest absolute Gasteiger partial charge is 0.341 e. The molecule has 0 unspecified atom stereocenters. The van der Waals surface area contributed by atoms with Gasteiger partial charge in [0.15, 0.2) is 25.0 Å². The normalized spacial score (nSPS) is 37.4. The fourth-order valence-electron chi connectivity index (χ4n) is 10.6. The summed E-state index contributed by atoms with van der Waals surface area (Å²) in [6.45, 7) is 2.74. The van der Waals surface area contributed by atoms with Gasteiger partial charge in [-0.3, -0.25) is 19.2 Å². The third-order valence-corrected chi connectivity index (χ3v) is 15.2. The van der Waals surface area contributed by atoms with Crippen molar-refractivity contribution in [1.29, 1.82) is 0 Å². The van der Waals surface area contributed by atoms with Crippen LogP contribution in [0.5, 0.6) is 0 Å². The van der Waals surface area contributed by atoms with Crippen molar-refractivity contribution >= 4 is 28.5 Å². The Hall–Kier alpha value is -4.52. The van der Waals surface area contributed by atoms with Gasteiger partial charge in [-0.15, -0.1) is 5.10 Å². The van der Waals surface area contributed by atoms with Crippen LogP contribution in [0.4, 0.5) is 10.1 Å². The largest absolute Gasteiger partial charge is 0.477 e. The Morgan fingerprint density at radius 1 is 0.750 bits per heavy atom. The summed E-state index contributed by atoms with van der Waals surface area (Å²) in [6, 6.07) is -1.83. The molecular formula is C46H70FN13O16. The summed E-state index contributed by atoms with van der Waals surface area (Å²) in [5.74, 6) is -2.79. The number of nitrogens with two attached hydrogens (primary N) is 6. The van der Waals surface area contributed by atoms with Crippen LogP contribution in [-0.2, 0) is 46.3 Å². The maximum atomic E-state index is 15.6. The highest BCUT2D eigenvalue weighted by Crippen LogP contribution is 2.39. The summed E-state index contributed by atoms with van der Waals surface area (Å²) in [6.07, 6.45) is -17.2. The molecule has 0 radical (unpaired) electrons. The van der Waals surface area contributed by atoms with Crippen molar-refractivity contribution in [3.8, 4) is 0 Å². The van der Waals surface area contributed by atoms with Gasteiger partial charge in [0.2, 0.25) is 5.43 Å². The van der Waals surface area contributed by atoms with Crippen molar-refractivity contribution in [3.63, 3.8) is 0 Å². The topological polar surface area (TPSA) is 458 Å². The quantitative estimate of drug-likeness (QED) is 0.0563. The monoisotopic (exact) mass is 1080 g/mol. The van der Waals surface area contributed by atoms with Gasteiger partial charge in [0.1, 0.15) is 78.1 Å². The molecule has 1 aromatic carbocycles. The minimum absolute atomic E-state index is 0.00525. The lowest BCUT2D eigenvalue weighted by atomic mass is 9.84. The highest BCUT2D eigenvalue weighted by atomic mass is 19.1. The Balaban J connectivity index is 0.821.